The second-order valence-electron chi connectivity index (χ2n) is 6.32. The molecule has 0 bridgehead atoms. The predicted octanol–water partition coefficient (Wildman–Crippen LogP) is 2.69. The molecular weight excluding hydrogens is 394 g/mol. The van der Waals surface area contributed by atoms with Crippen LogP contribution in [0.2, 0.25) is 0 Å². The van der Waals surface area contributed by atoms with E-state index in [2.05, 4.69) is 10.2 Å². The summed E-state index contributed by atoms with van der Waals surface area (Å²) in [6, 6.07) is 1.76. The Hall–Kier alpha value is -1.26. The van der Waals surface area contributed by atoms with E-state index in [1.807, 2.05) is 30.7 Å². The molecule has 1 aliphatic rings. The van der Waals surface area contributed by atoms with Gasteiger partial charge in [0.2, 0.25) is 5.89 Å². The van der Waals surface area contributed by atoms with E-state index in [1.165, 1.54) is 11.8 Å². The van der Waals surface area contributed by atoms with E-state index in [4.69, 9.17) is 4.42 Å². The highest BCUT2D eigenvalue weighted by molar-refractivity contribution is 7.99. The number of carbonyl (C=O) groups is 1. The molecule has 3 rings (SSSR count). The van der Waals surface area contributed by atoms with Gasteiger partial charge in [0.05, 0.1) is 23.0 Å². The van der Waals surface area contributed by atoms with Gasteiger partial charge in [-0.2, -0.15) is 11.8 Å². The van der Waals surface area contributed by atoms with Crippen LogP contribution in [0.4, 0.5) is 0 Å². The minimum absolute atomic E-state index is 0.0279. The fourth-order valence-corrected chi connectivity index (χ4v) is 6.01. The molecule has 7 nitrogen and oxygen atoms in total. The molecule has 2 aromatic rings. The number of hydrogen-bond acceptors (Lipinski definition) is 8. The standard InChI is InChI=1S/C16H21N3O4S3/c1-10-6-13(11(2)19(10)12-4-5-26(21,22)9-12)14(20)7-25-16-18-17-15(23-16)8-24-3/h6,12H,4-5,7-9H2,1-3H3. The number of aromatic nitrogens is 3. The van der Waals surface area contributed by atoms with Crippen molar-refractivity contribution in [2.45, 2.75) is 37.3 Å². The third kappa shape index (κ3) is 4.17. The van der Waals surface area contributed by atoms with Crippen LogP contribution >= 0.6 is 23.5 Å². The number of hydrogen-bond donors (Lipinski definition) is 0. The number of thioether (sulfide) groups is 2. The molecule has 0 amide bonds. The summed E-state index contributed by atoms with van der Waals surface area (Å²) >= 11 is 2.81. The molecule has 0 saturated carbocycles. The quantitative estimate of drug-likeness (QED) is 0.503. The fraction of sp³-hybridized carbons (Fsp3) is 0.562. The van der Waals surface area contributed by atoms with Gasteiger partial charge in [-0.3, -0.25) is 4.79 Å². The van der Waals surface area contributed by atoms with Crippen LogP contribution in [0, 0.1) is 13.8 Å². The monoisotopic (exact) mass is 415 g/mol. The van der Waals surface area contributed by atoms with Gasteiger partial charge >= 0.3 is 0 Å². The van der Waals surface area contributed by atoms with Gasteiger partial charge in [-0.1, -0.05) is 11.8 Å². The predicted molar refractivity (Wildman–Crippen MR) is 103 cm³/mol. The summed E-state index contributed by atoms with van der Waals surface area (Å²) in [5, 5.41) is 8.25. The Morgan fingerprint density at radius 2 is 2.15 bits per heavy atom. The summed E-state index contributed by atoms with van der Waals surface area (Å²) in [6.07, 6.45) is 2.55. The molecule has 0 aliphatic carbocycles. The lowest BCUT2D eigenvalue weighted by Gasteiger charge is -2.16. The van der Waals surface area contributed by atoms with Crippen molar-refractivity contribution in [3.8, 4) is 0 Å². The van der Waals surface area contributed by atoms with Crippen molar-refractivity contribution in [2.24, 2.45) is 0 Å². The van der Waals surface area contributed by atoms with E-state index in [-0.39, 0.29) is 29.1 Å². The molecule has 1 fully saturated rings. The minimum atomic E-state index is -2.98. The highest BCUT2D eigenvalue weighted by Gasteiger charge is 2.31. The molecule has 2 aromatic heterocycles. The maximum Gasteiger partial charge on any atom is 0.277 e. The van der Waals surface area contributed by atoms with E-state index in [9.17, 15) is 13.2 Å². The van der Waals surface area contributed by atoms with Crippen molar-refractivity contribution in [3.63, 3.8) is 0 Å². The fourth-order valence-electron chi connectivity index (χ4n) is 3.28. The van der Waals surface area contributed by atoms with Crippen molar-refractivity contribution < 1.29 is 17.6 Å². The molecule has 1 aliphatic heterocycles. The smallest absolute Gasteiger partial charge is 0.277 e. The van der Waals surface area contributed by atoms with Crippen LogP contribution in [0.5, 0.6) is 0 Å². The number of carbonyl (C=O) groups excluding carboxylic acids is 1. The second kappa shape index (κ2) is 7.77. The van der Waals surface area contributed by atoms with Crippen LogP contribution < -0.4 is 0 Å². The van der Waals surface area contributed by atoms with E-state index < -0.39 is 9.84 Å². The van der Waals surface area contributed by atoms with Crippen LogP contribution in [0.3, 0.4) is 0 Å². The van der Waals surface area contributed by atoms with Crippen LogP contribution in [0.15, 0.2) is 15.7 Å². The zero-order chi connectivity index (χ0) is 18.9. The summed E-state index contributed by atoms with van der Waals surface area (Å²) in [4.78, 5) is 12.6. The normalized spacial score (nSPS) is 19.1. The van der Waals surface area contributed by atoms with Crippen molar-refractivity contribution in [1.82, 2.24) is 14.8 Å². The first-order valence-electron chi connectivity index (χ1n) is 8.17. The Morgan fingerprint density at radius 3 is 2.81 bits per heavy atom. The van der Waals surface area contributed by atoms with Gasteiger partial charge in [0.15, 0.2) is 15.6 Å². The van der Waals surface area contributed by atoms with Gasteiger partial charge in [-0.15, -0.1) is 10.2 Å². The van der Waals surface area contributed by atoms with Crippen molar-refractivity contribution >= 4 is 39.1 Å². The van der Waals surface area contributed by atoms with E-state index >= 15 is 0 Å². The Balaban J connectivity index is 1.70. The first kappa shape index (κ1) is 19.5. The molecule has 1 saturated heterocycles. The molecular formula is C16H21N3O4S3. The Labute approximate surface area is 161 Å². The maximum absolute atomic E-state index is 12.6. The molecule has 26 heavy (non-hydrogen) atoms. The molecule has 10 heteroatoms. The topological polar surface area (TPSA) is 95.1 Å². The van der Waals surface area contributed by atoms with E-state index in [0.29, 0.717) is 28.9 Å². The van der Waals surface area contributed by atoms with Gasteiger partial charge in [0.1, 0.15) is 0 Å². The second-order valence-corrected chi connectivity index (χ2v) is 10.3. The van der Waals surface area contributed by atoms with Gasteiger partial charge in [0, 0.05) is 23.0 Å². The van der Waals surface area contributed by atoms with Crippen LogP contribution in [-0.4, -0.2) is 52.5 Å². The molecule has 0 aromatic carbocycles. The van der Waals surface area contributed by atoms with Gasteiger partial charge in [-0.25, -0.2) is 8.42 Å². The number of Topliss-reactive ketones (excluding diaryl/α,β-unsaturated/α-hetero) is 1. The molecule has 0 N–H and O–H groups in total. The summed E-state index contributed by atoms with van der Waals surface area (Å²) in [7, 11) is -2.98. The highest BCUT2D eigenvalue weighted by atomic mass is 32.2. The molecule has 3 heterocycles. The lowest BCUT2D eigenvalue weighted by molar-refractivity contribution is 0.102. The zero-order valence-electron chi connectivity index (χ0n) is 14.9. The Morgan fingerprint density at radius 1 is 1.38 bits per heavy atom. The van der Waals surface area contributed by atoms with Crippen molar-refractivity contribution in [2.75, 3.05) is 23.5 Å². The van der Waals surface area contributed by atoms with E-state index in [0.717, 1.165) is 11.4 Å². The minimum Gasteiger partial charge on any atom is -0.415 e. The number of rotatable bonds is 7. The van der Waals surface area contributed by atoms with Crippen LogP contribution in [0.25, 0.3) is 0 Å². The number of aryl methyl sites for hydroxylation is 1. The summed E-state index contributed by atoms with van der Waals surface area (Å²) < 4.78 is 31.0. The zero-order valence-corrected chi connectivity index (χ0v) is 17.3. The third-order valence-electron chi connectivity index (χ3n) is 4.40. The van der Waals surface area contributed by atoms with Crippen molar-refractivity contribution in [3.05, 3.63) is 28.9 Å². The number of sulfone groups is 1. The SMILES string of the molecule is CSCc1nnc(SCC(=O)c2cc(C)n(C3CCS(=O)(=O)C3)c2C)o1. The van der Waals surface area contributed by atoms with Crippen LogP contribution in [-0.2, 0) is 15.6 Å². The summed E-state index contributed by atoms with van der Waals surface area (Å²) in [6.45, 7) is 3.79. The first-order chi connectivity index (χ1) is 12.3. The van der Waals surface area contributed by atoms with E-state index in [1.54, 1.807) is 11.8 Å². The lowest BCUT2D eigenvalue weighted by Crippen LogP contribution is -2.14. The van der Waals surface area contributed by atoms with Gasteiger partial charge < -0.3 is 8.98 Å². The average Bonchev–Trinajstić information content (AvgIpc) is 3.24. The largest absolute Gasteiger partial charge is 0.415 e. The lowest BCUT2D eigenvalue weighted by atomic mass is 10.2. The molecule has 1 atom stereocenters. The first-order valence-corrected chi connectivity index (χ1v) is 12.4. The van der Waals surface area contributed by atoms with Gasteiger partial charge in [-0.05, 0) is 32.6 Å². The third-order valence-corrected chi connectivity index (χ3v) is 7.51. The molecule has 0 radical (unpaired) electrons. The summed E-state index contributed by atoms with van der Waals surface area (Å²) in [5.74, 6) is 1.73. The molecule has 1 unspecified atom stereocenters. The molecule has 0 spiro atoms. The molecule has 142 valence electrons. The average molecular weight is 416 g/mol. The van der Waals surface area contributed by atoms with Gasteiger partial charge in [0.25, 0.3) is 5.22 Å². The van der Waals surface area contributed by atoms with Crippen molar-refractivity contribution in [1.29, 1.82) is 0 Å². The highest BCUT2D eigenvalue weighted by Crippen LogP contribution is 2.30. The number of nitrogens with zero attached hydrogens (tertiary/aromatic N) is 3. The van der Waals surface area contributed by atoms with Crippen LogP contribution in [0.1, 0.15) is 40.1 Å². The Kier molecular flexibility index (Phi) is 5.83. The summed E-state index contributed by atoms with van der Waals surface area (Å²) in [5.41, 5.74) is 2.37. The Bertz CT molecular complexity index is 917. The number of ketones is 1. The maximum atomic E-state index is 12.6.